The Balaban J connectivity index is 1.66. The van der Waals surface area contributed by atoms with Crippen molar-refractivity contribution >= 4 is 11.0 Å². The summed E-state index contributed by atoms with van der Waals surface area (Å²) in [6.07, 6.45) is 2.89. The van der Waals surface area contributed by atoms with E-state index in [1.165, 1.54) is 0 Å². The predicted octanol–water partition coefficient (Wildman–Crippen LogP) is 1.08. The van der Waals surface area contributed by atoms with E-state index in [2.05, 4.69) is 20.2 Å². The Morgan fingerprint density at radius 1 is 1.11 bits per heavy atom. The topological polar surface area (TPSA) is 41.1 Å². The molecule has 0 radical (unpaired) electrons. The van der Waals surface area contributed by atoms with Gasteiger partial charge in [-0.05, 0) is 12.1 Å². The van der Waals surface area contributed by atoms with E-state index in [0.29, 0.717) is 0 Å². The average Bonchev–Trinajstić information content (AvgIpc) is 2.46. The molecule has 3 rings (SSSR count). The summed E-state index contributed by atoms with van der Waals surface area (Å²) in [6.45, 7) is 5.56. The summed E-state index contributed by atoms with van der Waals surface area (Å²) in [5.41, 5.74) is 3.06. The third kappa shape index (κ3) is 2.66. The van der Waals surface area contributed by atoms with Gasteiger partial charge in [0.25, 0.3) is 0 Å². The third-order valence-corrected chi connectivity index (χ3v) is 3.39. The molecule has 2 heterocycles. The molecular weight excluding hydrogens is 224 g/mol. The quantitative estimate of drug-likeness (QED) is 0.874. The average molecular weight is 242 g/mol. The Morgan fingerprint density at radius 3 is 2.72 bits per heavy atom. The number of nitrogens with zero attached hydrogens (tertiary/aromatic N) is 3. The number of hydrogen-bond donors (Lipinski definition) is 1. The summed E-state index contributed by atoms with van der Waals surface area (Å²) in [7, 11) is 0. The summed E-state index contributed by atoms with van der Waals surface area (Å²) in [6, 6.07) is 8.04. The SMILES string of the molecule is c1ccc2nc(CCN3CCNCC3)cnc2c1. The molecule has 1 aromatic carbocycles. The second kappa shape index (κ2) is 5.42. The molecule has 0 amide bonds. The van der Waals surface area contributed by atoms with Gasteiger partial charge in [-0.15, -0.1) is 0 Å². The van der Waals surface area contributed by atoms with Crippen molar-refractivity contribution < 1.29 is 0 Å². The van der Waals surface area contributed by atoms with Crippen molar-refractivity contribution in [2.45, 2.75) is 6.42 Å². The maximum Gasteiger partial charge on any atom is 0.0890 e. The Bertz CT molecular complexity index is 520. The normalized spacial score (nSPS) is 17.1. The molecule has 0 unspecified atom stereocenters. The third-order valence-electron chi connectivity index (χ3n) is 3.39. The van der Waals surface area contributed by atoms with E-state index in [-0.39, 0.29) is 0 Å². The highest BCUT2D eigenvalue weighted by atomic mass is 15.2. The van der Waals surface area contributed by atoms with E-state index < -0.39 is 0 Å². The highest BCUT2D eigenvalue weighted by molar-refractivity contribution is 5.73. The van der Waals surface area contributed by atoms with Crippen LogP contribution in [0.15, 0.2) is 30.5 Å². The first-order valence-corrected chi connectivity index (χ1v) is 6.55. The lowest BCUT2D eigenvalue weighted by Crippen LogP contribution is -2.44. The maximum atomic E-state index is 4.65. The van der Waals surface area contributed by atoms with Crippen molar-refractivity contribution in [1.82, 2.24) is 20.2 Å². The van der Waals surface area contributed by atoms with Gasteiger partial charge in [0.05, 0.1) is 16.7 Å². The molecule has 18 heavy (non-hydrogen) atoms. The minimum atomic E-state index is 0.975. The van der Waals surface area contributed by atoms with Gasteiger partial charge in [0, 0.05) is 45.3 Å². The van der Waals surface area contributed by atoms with Gasteiger partial charge in [-0.1, -0.05) is 12.1 Å². The predicted molar refractivity (Wildman–Crippen MR) is 72.6 cm³/mol. The van der Waals surface area contributed by atoms with Gasteiger partial charge in [0.2, 0.25) is 0 Å². The first-order valence-electron chi connectivity index (χ1n) is 6.55. The van der Waals surface area contributed by atoms with E-state index >= 15 is 0 Å². The molecule has 1 N–H and O–H groups in total. The van der Waals surface area contributed by atoms with Crippen molar-refractivity contribution in [2.24, 2.45) is 0 Å². The van der Waals surface area contributed by atoms with Gasteiger partial charge in [-0.25, -0.2) is 4.98 Å². The zero-order valence-corrected chi connectivity index (χ0v) is 10.5. The second-order valence-electron chi connectivity index (χ2n) is 4.69. The van der Waals surface area contributed by atoms with Crippen LogP contribution in [0.5, 0.6) is 0 Å². The molecule has 0 bridgehead atoms. The maximum absolute atomic E-state index is 4.65. The number of piperazine rings is 1. The first kappa shape index (κ1) is 11.6. The van der Waals surface area contributed by atoms with Crippen molar-refractivity contribution in [3.8, 4) is 0 Å². The Hall–Kier alpha value is -1.52. The number of benzene rings is 1. The molecule has 1 saturated heterocycles. The molecule has 4 heteroatoms. The monoisotopic (exact) mass is 242 g/mol. The molecule has 2 aromatic rings. The van der Waals surface area contributed by atoms with E-state index in [9.17, 15) is 0 Å². The lowest BCUT2D eigenvalue weighted by atomic mass is 10.2. The van der Waals surface area contributed by atoms with Crippen LogP contribution in [0.3, 0.4) is 0 Å². The van der Waals surface area contributed by atoms with Crippen LogP contribution >= 0.6 is 0 Å². The van der Waals surface area contributed by atoms with Crippen LogP contribution < -0.4 is 5.32 Å². The van der Waals surface area contributed by atoms with Crippen molar-refractivity contribution in [1.29, 1.82) is 0 Å². The molecule has 0 atom stereocenters. The number of hydrogen-bond acceptors (Lipinski definition) is 4. The fourth-order valence-corrected chi connectivity index (χ4v) is 2.32. The van der Waals surface area contributed by atoms with Gasteiger partial charge >= 0.3 is 0 Å². The fraction of sp³-hybridized carbons (Fsp3) is 0.429. The van der Waals surface area contributed by atoms with Gasteiger partial charge < -0.3 is 10.2 Å². The second-order valence-corrected chi connectivity index (χ2v) is 4.69. The molecular formula is C14H18N4. The summed E-state index contributed by atoms with van der Waals surface area (Å²) in [5.74, 6) is 0. The van der Waals surface area contributed by atoms with Crippen LogP contribution in [0, 0.1) is 0 Å². The summed E-state index contributed by atoms with van der Waals surface area (Å²) in [4.78, 5) is 11.6. The molecule has 1 aromatic heterocycles. The lowest BCUT2D eigenvalue weighted by molar-refractivity contribution is 0.243. The van der Waals surface area contributed by atoms with Crippen LogP contribution in [-0.4, -0.2) is 47.6 Å². The largest absolute Gasteiger partial charge is 0.314 e. The summed E-state index contributed by atoms with van der Waals surface area (Å²) < 4.78 is 0. The van der Waals surface area contributed by atoms with Crippen molar-refractivity contribution in [2.75, 3.05) is 32.7 Å². The zero-order chi connectivity index (χ0) is 12.2. The van der Waals surface area contributed by atoms with E-state index in [1.54, 1.807) is 0 Å². The molecule has 1 fully saturated rings. The zero-order valence-electron chi connectivity index (χ0n) is 10.5. The molecule has 0 spiro atoms. The molecule has 4 nitrogen and oxygen atoms in total. The molecule has 94 valence electrons. The highest BCUT2D eigenvalue weighted by Crippen LogP contribution is 2.09. The summed E-state index contributed by atoms with van der Waals surface area (Å²) in [5, 5.41) is 3.37. The highest BCUT2D eigenvalue weighted by Gasteiger charge is 2.09. The van der Waals surface area contributed by atoms with Crippen LogP contribution in [-0.2, 0) is 6.42 Å². The van der Waals surface area contributed by atoms with Crippen molar-refractivity contribution in [3.05, 3.63) is 36.2 Å². The van der Waals surface area contributed by atoms with E-state index in [0.717, 1.165) is 55.9 Å². The van der Waals surface area contributed by atoms with Gasteiger partial charge in [-0.2, -0.15) is 0 Å². The minimum Gasteiger partial charge on any atom is -0.314 e. The number of nitrogens with one attached hydrogen (secondary N) is 1. The lowest BCUT2D eigenvalue weighted by Gasteiger charge is -2.26. The summed E-state index contributed by atoms with van der Waals surface area (Å²) >= 11 is 0. The molecule has 1 aliphatic heterocycles. The molecule has 0 aliphatic carbocycles. The number of aromatic nitrogens is 2. The number of para-hydroxylation sites is 2. The van der Waals surface area contributed by atoms with Crippen LogP contribution in [0.1, 0.15) is 5.69 Å². The molecule has 1 aliphatic rings. The van der Waals surface area contributed by atoms with Gasteiger partial charge in [0.15, 0.2) is 0 Å². The minimum absolute atomic E-state index is 0.975. The fourth-order valence-electron chi connectivity index (χ4n) is 2.32. The van der Waals surface area contributed by atoms with Crippen LogP contribution in [0.4, 0.5) is 0 Å². The molecule has 0 saturated carbocycles. The Morgan fingerprint density at radius 2 is 1.89 bits per heavy atom. The van der Waals surface area contributed by atoms with Crippen LogP contribution in [0.25, 0.3) is 11.0 Å². The standard InChI is InChI=1S/C14H18N4/c1-2-4-14-13(3-1)16-11-12(17-14)5-8-18-9-6-15-7-10-18/h1-4,11,15H,5-10H2. The Labute approximate surface area is 107 Å². The van der Waals surface area contributed by atoms with Gasteiger partial charge in [-0.3, -0.25) is 4.98 Å². The van der Waals surface area contributed by atoms with Crippen molar-refractivity contribution in [3.63, 3.8) is 0 Å². The van der Waals surface area contributed by atoms with E-state index in [1.807, 2.05) is 30.5 Å². The smallest absolute Gasteiger partial charge is 0.0890 e. The van der Waals surface area contributed by atoms with Crippen LogP contribution in [0.2, 0.25) is 0 Å². The number of rotatable bonds is 3. The number of fused-ring (bicyclic) bond motifs is 1. The van der Waals surface area contributed by atoms with E-state index in [4.69, 9.17) is 0 Å². The Kier molecular flexibility index (Phi) is 3.48. The van der Waals surface area contributed by atoms with Gasteiger partial charge in [0.1, 0.15) is 0 Å². The first-order chi connectivity index (χ1) is 8.92.